The minimum absolute atomic E-state index is 0.241. The van der Waals surface area contributed by atoms with Crippen molar-refractivity contribution in [2.24, 2.45) is 0 Å². The van der Waals surface area contributed by atoms with Gasteiger partial charge in [0.1, 0.15) is 5.60 Å². The molecule has 0 atom stereocenters. The first-order valence-corrected chi connectivity index (χ1v) is 10.1. The third-order valence-electron chi connectivity index (χ3n) is 5.45. The van der Waals surface area contributed by atoms with Crippen molar-refractivity contribution in [1.29, 1.82) is 0 Å². The third kappa shape index (κ3) is 6.21. The lowest BCUT2D eigenvalue weighted by Gasteiger charge is -2.37. The zero-order chi connectivity index (χ0) is 21.2. The Balaban J connectivity index is 1.94. The minimum atomic E-state index is -0.945. The lowest BCUT2D eigenvalue weighted by Crippen LogP contribution is -2.49. The van der Waals surface area contributed by atoms with Gasteiger partial charge in [-0.2, -0.15) is 0 Å². The number of aliphatic hydroxyl groups is 1. The molecule has 2 heterocycles. The van der Waals surface area contributed by atoms with Crippen molar-refractivity contribution in [3.63, 3.8) is 0 Å². The Hall–Kier alpha value is -1.60. The van der Waals surface area contributed by atoms with Gasteiger partial charge in [-0.3, -0.25) is 4.98 Å². The molecule has 0 aliphatic carbocycles. The Morgan fingerprint density at radius 1 is 1.14 bits per heavy atom. The highest BCUT2D eigenvalue weighted by Crippen LogP contribution is 2.27. The molecule has 1 aromatic heterocycles. The molecule has 2 rings (SSSR count). The number of aromatic nitrogens is 1. The topological polar surface area (TPSA) is 71.9 Å². The van der Waals surface area contributed by atoms with E-state index >= 15 is 0 Å². The molecule has 0 radical (unpaired) electrons. The van der Waals surface area contributed by atoms with Crippen LogP contribution in [0.3, 0.4) is 0 Å². The van der Waals surface area contributed by atoms with E-state index in [0.717, 1.165) is 24.1 Å². The zero-order valence-corrected chi connectivity index (χ0v) is 18.4. The standard InChI is InChI=1S/C21H35BN2O4/c1-19(2,3)27-18(25)24-13-11-15(12-14-24)16-9-8-10-17(23-16)22-28-21(6,7)20(4,5)26/h8-10,15,22,26H,11-14H2,1-7H3. The van der Waals surface area contributed by atoms with Gasteiger partial charge in [-0.1, -0.05) is 6.07 Å². The SMILES string of the molecule is CC(C)(C)OC(=O)N1CCC(c2cccc(BOC(C)(C)C(C)(C)O)n2)CC1. The fraction of sp³-hybridized carbons (Fsp3) is 0.714. The number of carbonyl (C=O) groups is 1. The third-order valence-corrected chi connectivity index (χ3v) is 5.45. The number of nitrogens with zero attached hydrogens (tertiary/aromatic N) is 2. The molecule has 7 heteroatoms. The van der Waals surface area contributed by atoms with Crippen molar-refractivity contribution >= 4 is 19.2 Å². The maximum atomic E-state index is 12.2. The molecule has 156 valence electrons. The summed E-state index contributed by atoms with van der Waals surface area (Å²) in [6, 6.07) is 5.98. The number of likely N-dealkylation sites (tertiary alicyclic amines) is 1. The Kier molecular flexibility index (Phi) is 6.82. The van der Waals surface area contributed by atoms with E-state index < -0.39 is 16.8 Å². The average molecular weight is 390 g/mol. The van der Waals surface area contributed by atoms with Gasteiger partial charge in [-0.15, -0.1) is 0 Å². The van der Waals surface area contributed by atoms with Crippen LogP contribution in [0.15, 0.2) is 18.2 Å². The summed E-state index contributed by atoms with van der Waals surface area (Å²) in [5.74, 6) is 0.320. The molecule has 1 fully saturated rings. The van der Waals surface area contributed by atoms with Crippen LogP contribution in [0.4, 0.5) is 4.79 Å². The second-order valence-corrected chi connectivity index (χ2v) is 9.65. The number of rotatable bonds is 5. The molecular formula is C21H35BN2O4. The number of piperidine rings is 1. The molecule has 1 N–H and O–H groups in total. The van der Waals surface area contributed by atoms with Crippen LogP contribution in [0.25, 0.3) is 0 Å². The molecule has 1 aliphatic rings. The molecule has 0 aromatic carbocycles. The summed E-state index contributed by atoms with van der Waals surface area (Å²) >= 11 is 0. The van der Waals surface area contributed by atoms with Gasteiger partial charge in [0, 0.05) is 30.3 Å². The predicted molar refractivity (Wildman–Crippen MR) is 112 cm³/mol. The number of hydrogen-bond donors (Lipinski definition) is 1. The van der Waals surface area contributed by atoms with E-state index in [1.165, 1.54) is 0 Å². The molecule has 0 bridgehead atoms. The number of hydrogen-bond acceptors (Lipinski definition) is 5. The molecule has 1 aliphatic heterocycles. The van der Waals surface area contributed by atoms with E-state index in [9.17, 15) is 9.90 Å². The Labute approximate surface area is 169 Å². The monoisotopic (exact) mass is 390 g/mol. The summed E-state index contributed by atoms with van der Waals surface area (Å²) < 4.78 is 11.4. The highest BCUT2D eigenvalue weighted by atomic mass is 16.6. The van der Waals surface area contributed by atoms with Gasteiger partial charge < -0.3 is 19.4 Å². The van der Waals surface area contributed by atoms with Crippen molar-refractivity contribution in [3.8, 4) is 0 Å². The van der Waals surface area contributed by atoms with Gasteiger partial charge >= 0.3 is 13.6 Å². The van der Waals surface area contributed by atoms with Gasteiger partial charge in [-0.25, -0.2) is 4.79 Å². The second-order valence-electron chi connectivity index (χ2n) is 9.65. The first-order valence-electron chi connectivity index (χ1n) is 10.1. The fourth-order valence-corrected chi connectivity index (χ4v) is 2.92. The maximum Gasteiger partial charge on any atom is 0.410 e. The largest absolute Gasteiger partial charge is 0.444 e. The van der Waals surface area contributed by atoms with Crippen molar-refractivity contribution in [2.45, 2.75) is 84.0 Å². The van der Waals surface area contributed by atoms with E-state index in [0.29, 0.717) is 26.5 Å². The molecule has 1 saturated heterocycles. The summed E-state index contributed by atoms with van der Waals surface area (Å²) in [6.45, 7) is 14.2. The molecule has 6 nitrogen and oxygen atoms in total. The Morgan fingerprint density at radius 2 is 1.75 bits per heavy atom. The average Bonchev–Trinajstić information content (AvgIpc) is 2.58. The van der Waals surface area contributed by atoms with Crippen molar-refractivity contribution in [2.75, 3.05) is 13.1 Å². The molecule has 1 amide bonds. The molecule has 1 aromatic rings. The summed E-state index contributed by atoms with van der Waals surface area (Å²) in [5.41, 5.74) is -0.209. The van der Waals surface area contributed by atoms with Crippen LogP contribution in [-0.2, 0) is 9.39 Å². The summed E-state index contributed by atoms with van der Waals surface area (Å²) in [4.78, 5) is 18.8. The highest BCUT2D eigenvalue weighted by molar-refractivity contribution is 6.45. The van der Waals surface area contributed by atoms with Crippen LogP contribution in [0.2, 0.25) is 0 Å². The summed E-state index contributed by atoms with van der Waals surface area (Å²) in [5, 5.41) is 10.2. The first-order chi connectivity index (χ1) is 12.8. The van der Waals surface area contributed by atoms with Crippen LogP contribution >= 0.6 is 0 Å². The van der Waals surface area contributed by atoms with Gasteiger partial charge in [0.15, 0.2) is 0 Å². The minimum Gasteiger partial charge on any atom is -0.444 e. The zero-order valence-electron chi connectivity index (χ0n) is 18.4. The molecular weight excluding hydrogens is 355 g/mol. The highest BCUT2D eigenvalue weighted by Gasteiger charge is 2.36. The van der Waals surface area contributed by atoms with E-state index in [1.807, 2.05) is 52.8 Å². The lowest BCUT2D eigenvalue weighted by molar-refractivity contribution is -0.0893. The van der Waals surface area contributed by atoms with E-state index in [1.54, 1.807) is 18.7 Å². The molecule has 0 saturated carbocycles. The molecule has 28 heavy (non-hydrogen) atoms. The number of ether oxygens (including phenoxy) is 1. The number of pyridine rings is 1. The number of amides is 1. The Bertz CT molecular complexity index is 672. The van der Waals surface area contributed by atoms with Crippen LogP contribution in [0, 0.1) is 0 Å². The predicted octanol–water partition coefficient (Wildman–Crippen LogP) is 2.74. The van der Waals surface area contributed by atoms with Crippen molar-refractivity contribution in [1.82, 2.24) is 9.88 Å². The smallest absolute Gasteiger partial charge is 0.410 e. The quantitative estimate of drug-likeness (QED) is 0.783. The van der Waals surface area contributed by atoms with Crippen LogP contribution < -0.4 is 5.59 Å². The fourth-order valence-electron chi connectivity index (χ4n) is 2.92. The van der Waals surface area contributed by atoms with Gasteiger partial charge in [0.2, 0.25) is 0 Å². The van der Waals surface area contributed by atoms with E-state index in [-0.39, 0.29) is 6.09 Å². The molecule has 0 unspecified atom stereocenters. The summed E-state index contributed by atoms with van der Waals surface area (Å²) in [6.07, 6.45) is 1.49. The van der Waals surface area contributed by atoms with Crippen LogP contribution in [0.5, 0.6) is 0 Å². The van der Waals surface area contributed by atoms with E-state index in [4.69, 9.17) is 14.4 Å². The second kappa shape index (κ2) is 8.41. The molecule has 0 spiro atoms. The lowest BCUT2D eigenvalue weighted by atomic mass is 9.84. The van der Waals surface area contributed by atoms with Gasteiger partial charge in [0.05, 0.1) is 11.2 Å². The maximum absolute atomic E-state index is 12.2. The van der Waals surface area contributed by atoms with Gasteiger partial charge in [0.25, 0.3) is 0 Å². The van der Waals surface area contributed by atoms with Crippen molar-refractivity contribution < 1.29 is 19.3 Å². The normalized spacial score (nSPS) is 16.8. The van der Waals surface area contributed by atoms with Crippen LogP contribution in [-0.4, -0.2) is 58.5 Å². The van der Waals surface area contributed by atoms with Crippen LogP contribution in [0.1, 0.15) is 72.9 Å². The van der Waals surface area contributed by atoms with E-state index in [2.05, 4.69) is 0 Å². The van der Waals surface area contributed by atoms with Gasteiger partial charge in [-0.05, 0) is 73.4 Å². The summed E-state index contributed by atoms with van der Waals surface area (Å²) in [7, 11) is 0.349. The Morgan fingerprint density at radius 3 is 2.29 bits per heavy atom. The van der Waals surface area contributed by atoms with Crippen molar-refractivity contribution in [3.05, 3.63) is 23.9 Å². The first kappa shape index (κ1) is 22.7. The number of carbonyl (C=O) groups excluding carboxylic acids is 1.